The van der Waals surface area contributed by atoms with E-state index in [1.807, 2.05) is 37.3 Å². The van der Waals surface area contributed by atoms with Gasteiger partial charge in [-0.25, -0.2) is 8.42 Å². The molecule has 0 aliphatic rings. The zero-order chi connectivity index (χ0) is 19.2. The van der Waals surface area contributed by atoms with Crippen LogP contribution < -0.4 is 4.72 Å². The summed E-state index contributed by atoms with van der Waals surface area (Å²) in [7, 11) is -2.39. The quantitative estimate of drug-likeness (QED) is 0.596. The number of sulfonamides is 1. The Morgan fingerprint density at radius 2 is 1.65 bits per heavy atom. The summed E-state index contributed by atoms with van der Waals surface area (Å²) in [6, 6.07) is 15.2. The Morgan fingerprint density at radius 3 is 2.23 bits per heavy atom. The van der Waals surface area contributed by atoms with Crippen molar-refractivity contribution in [1.29, 1.82) is 0 Å². The van der Waals surface area contributed by atoms with Crippen molar-refractivity contribution < 1.29 is 17.9 Å². The zero-order valence-electron chi connectivity index (χ0n) is 15.0. The van der Waals surface area contributed by atoms with Gasteiger partial charge in [0.1, 0.15) is 0 Å². The first kappa shape index (κ1) is 19.9. The van der Waals surface area contributed by atoms with Gasteiger partial charge < -0.3 is 4.74 Å². The lowest BCUT2D eigenvalue weighted by molar-refractivity contribution is -0.143. The molecule has 0 saturated heterocycles. The van der Waals surface area contributed by atoms with Crippen molar-refractivity contribution in [2.45, 2.75) is 24.8 Å². The van der Waals surface area contributed by atoms with E-state index in [2.05, 4.69) is 4.72 Å². The minimum absolute atomic E-state index is 0.193. The van der Waals surface area contributed by atoms with E-state index in [1.165, 1.54) is 7.11 Å². The Kier molecular flexibility index (Phi) is 6.71. The predicted octanol–water partition coefficient (Wildman–Crippen LogP) is 3.38. The van der Waals surface area contributed by atoms with Crippen LogP contribution in [0.5, 0.6) is 0 Å². The minimum Gasteiger partial charge on any atom is -0.469 e. The first-order valence-corrected chi connectivity index (χ1v) is 9.72. The second-order valence-electron chi connectivity index (χ2n) is 6.02. The van der Waals surface area contributed by atoms with Crippen molar-refractivity contribution in [2.75, 3.05) is 7.11 Å². The molecule has 0 bridgehead atoms. The lowest BCUT2D eigenvalue weighted by atomic mass is 10.0. The Labute approximate surface area is 154 Å². The number of rotatable bonds is 7. The van der Waals surface area contributed by atoms with E-state index >= 15 is 0 Å². The van der Waals surface area contributed by atoms with Gasteiger partial charge in [-0.2, -0.15) is 4.72 Å². The standard InChI is InChI=1S/C20H23NO4S/c1-15-9-12-18(13-10-15)26(23,24)21-19(17-7-5-4-6-8-17)14-11-16(2)20(22)25-3/h4-14,16,19,21H,1-3H3/b14-11+/t16-,19-/m0/s1. The van der Waals surface area contributed by atoms with E-state index in [9.17, 15) is 13.2 Å². The molecule has 2 aromatic rings. The molecular formula is C20H23NO4S. The fraction of sp³-hybridized carbons (Fsp3) is 0.250. The number of carbonyl (C=O) groups is 1. The summed E-state index contributed by atoms with van der Waals surface area (Å²) in [5.41, 5.74) is 1.76. The van der Waals surface area contributed by atoms with Gasteiger partial charge in [-0.1, -0.05) is 60.2 Å². The van der Waals surface area contributed by atoms with Gasteiger partial charge in [0.2, 0.25) is 10.0 Å². The third kappa shape index (κ3) is 5.28. The van der Waals surface area contributed by atoms with Crippen LogP contribution in [0.15, 0.2) is 71.6 Å². The van der Waals surface area contributed by atoms with Crippen molar-refractivity contribution >= 4 is 16.0 Å². The molecule has 0 aromatic heterocycles. The highest BCUT2D eigenvalue weighted by molar-refractivity contribution is 7.89. The highest BCUT2D eigenvalue weighted by Gasteiger charge is 2.20. The van der Waals surface area contributed by atoms with Gasteiger partial charge in [-0.3, -0.25) is 4.79 Å². The first-order chi connectivity index (χ1) is 12.3. The number of aryl methyl sites for hydroxylation is 1. The summed E-state index contributed by atoms with van der Waals surface area (Å²) in [4.78, 5) is 11.8. The van der Waals surface area contributed by atoms with Crippen LogP contribution in [0, 0.1) is 12.8 Å². The van der Waals surface area contributed by atoms with Crippen molar-refractivity contribution in [3.8, 4) is 0 Å². The van der Waals surface area contributed by atoms with Crippen molar-refractivity contribution in [3.63, 3.8) is 0 Å². The van der Waals surface area contributed by atoms with Crippen LogP contribution >= 0.6 is 0 Å². The number of esters is 1. The smallest absolute Gasteiger partial charge is 0.312 e. The molecular weight excluding hydrogens is 350 g/mol. The molecule has 0 amide bonds. The van der Waals surface area contributed by atoms with Gasteiger partial charge in [0.15, 0.2) is 0 Å². The second-order valence-corrected chi connectivity index (χ2v) is 7.73. The van der Waals surface area contributed by atoms with Gasteiger partial charge in [0, 0.05) is 0 Å². The third-order valence-corrected chi connectivity index (χ3v) is 5.39. The lowest BCUT2D eigenvalue weighted by Gasteiger charge is -2.17. The maximum Gasteiger partial charge on any atom is 0.312 e. The highest BCUT2D eigenvalue weighted by atomic mass is 32.2. The monoisotopic (exact) mass is 373 g/mol. The Morgan fingerprint density at radius 1 is 1.04 bits per heavy atom. The maximum atomic E-state index is 12.7. The van der Waals surface area contributed by atoms with Gasteiger partial charge >= 0.3 is 5.97 Å². The third-order valence-electron chi connectivity index (χ3n) is 3.94. The number of hydrogen-bond acceptors (Lipinski definition) is 4. The number of ether oxygens (including phenoxy) is 1. The van der Waals surface area contributed by atoms with Gasteiger partial charge in [0.05, 0.1) is 24.0 Å². The van der Waals surface area contributed by atoms with E-state index in [0.717, 1.165) is 11.1 Å². The summed E-state index contributed by atoms with van der Waals surface area (Å²) in [5, 5.41) is 0. The molecule has 1 N–H and O–H groups in total. The van der Waals surface area contributed by atoms with Crippen molar-refractivity contribution in [3.05, 3.63) is 77.9 Å². The number of hydrogen-bond donors (Lipinski definition) is 1. The van der Waals surface area contributed by atoms with Crippen LogP contribution in [0.25, 0.3) is 0 Å². The predicted molar refractivity (Wildman–Crippen MR) is 101 cm³/mol. The van der Waals surface area contributed by atoms with Gasteiger partial charge in [-0.05, 0) is 31.5 Å². The van der Waals surface area contributed by atoms with E-state index in [4.69, 9.17) is 4.74 Å². The molecule has 2 aromatic carbocycles. The molecule has 0 radical (unpaired) electrons. The lowest BCUT2D eigenvalue weighted by Crippen LogP contribution is -2.28. The van der Waals surface area contributed by atoms with Crippen LogP contribution in [-0.2, 0) is 19.6 Å². The van der Waals surface area contributed by atoms with Crippen LogP contribution in [0.1, 0.15) is 24.1 Å². The Balaban J connectivity index is 2.31. The summed E-state index contributed by atoms with van der Waals surface area (Å²) < 4.78 is 32.8. The van der Waals surface area contributed by atoms with Crippen LogP contribution in [0.4, 0.5) is 0 Å². The van der Waals surface area contributed by atoms with E-state index < -0.39 is 22.0 Å². The molecule has 0 aliphatic carbocycles. The molecule has 0 saturated carbocycles. The molecule has 5 nitrogen and oxygen atoms in total. The van der Waals surface area contributed by atoms with Gasteiger partial charge in [0.25, 0.3) is 0 Å². The van der Waals surface area contributed by atoms with Crippen molar-refractivity contribution in [2.24, 2.45) is 5.92 Å². The minimum atomic E-state index is -3.72. The average Bonchev–Trinajstić information content (AvgIpc) is 2.65. The summed E-state index contributed by atoms with van der Waals surface area (Å²) in [6.45, 7) is 3.59. The van der Waals surface area contributed by atoms with Crippen molar-refractivity contribution in [1.82, 2.24) is 4.72 Å². The summed E-state index contributed by atoms with van der Waals surface area (Å²) in [5.74, 6) is -0.857. The molecule has 2 rings (SSSR count). The number of carbonyl (C=O) groups excluding carboxylic acids is 1. The Hall–Kier alpha value is -2.44. The largest absolute Gasteiger partial charge is 0.469 e. The number of benzene rings is 2. The average molecular weight is 373 g/mol. The van der Waals surface area contributed by atoms with Crippen LogP contribution in [0.2, 0.25) is 0 Å². The molecule has 0 fully saturated rings. The Bertz CT molecular complexity index is 858. The fourth-order valence-electron chi connectivity index (χ4n) is 2.37. The molecule has 0 unspecified atom stereocenters. The van der Waals surface area contributed by atoms with Gasteiger partial charge in [-0.15, -0.1) is 0 Å². The van der Waals surface area contributed by atoms with E-state index in [1.54, 1.807) is 43.3 Å². The fourth-order valence-corrected chi connectivity index (χ4v) is 3.55. The molecule has 0 spiro atoms. The molecule has 0 heterocycles. The molecule has 2 atom stereocenters. The topological polar surface area (TPSA) is 72.5 Å². The number of methoxy groups -OCH3 is 1. The highest BCUT2D eigenvalue weighted by Crippen LogP contribution is 2.20. The molecule has 138 valence electrons. The van der Waals surface area contributed by atoms with E-state index in [0.29, 0.717) is 0 Å². The van der Waals surface area contributed by atoms with Crippen LogP contribution in [-0.4, -0.2) is 21.5 Å². The van der Waals surface area contributed by atoms with E-state index in [-0.39, 0.29) is 10.9 Å². The van der Waals surface area contributed by atoms with Crippen LogP contribution in [0.3, 0.4) is 0 Å². The molecule has 26 heavy (non-hydrogen) atoms. The maximum absolute atomic E-state index is 12.7. The number of nitrogens with one attached hydrogen (secondary N) is 1. The first-order valence-electron chi connectivity index (χ1n) is 8.23. The second kappa shape index (κ2) is 8.78. The molecule has 0 aliphatic heterocycles. The SMILES string of the molecule is COC(=O)[C@@H](C)/C=C/[C@H](NS(=O)(=O)c1ccc(C)cc1)c1ccccc1. The normalized spacial score (nSPS) is 14.1. The summed E-state index contributed by atoms with van der Waals surface area (Å²) in [6.07, 6.45) is 3.31. The summed E-state index contributed by atoms with van der Waals surface area (Å²) >= 11 is 0. The zero-order valence-corrected chi connectivity index (χ0v) is 15.9. The molecule has 6 heteroatoms.